The van der Waals surface area contributed by atoms with Crippen LogP contribution in [0.25, 0.3) is 22.5 Å². The van der Waals surface area contributed by atoms with Crippen molar-refractivity contribution in [1.29, 1.82) is 5.26 Å². The van der Waals surface area contributed by atoms with Crippen molar-refractivity contribution in [2.45, 2.75) is 110 Å². The summed E-state index contributed by atoms with van der Waals surface area (Å²) in [6.07, 6.45) is 5.47. The summed E-state index contributed by atoms with van der Waals surface area (Å²) in [4.78, 5) is 82.1. The number of amides is 2. The van der Waals surface area contributed by atoms with E-state index in [9.17, 15) is 29.2 Å². The summed E-state index contributed by atoms with van der Waals surface area (Å²) in [5.41, 5.74) is 22.0. The first-order valence-corrected chi connectivity index (χ1v) is 24.0. The van der Waals surface area contributed by atoms with E-state index in [1.807, 2.05) is 36.4 Å². The number of likely N-dealkylation sites (N-methyl/N-ethyl adjacent to an activating group) is 1. The van der Waals surface area contributed by atoms with Crippen LogP contribution >= 0.6 is 0 Å². The van der Waals surface area contributed by atoms with Gasteiger partial charge < -0.3 is 41.6 Å². The predicted octanol–water partition coefficient (Wildman–Crippen LogP) is 6.06. The van der Waals surface area contributed by atoms with E-state index in [0.717, 1.165) is 24.2 Å². The highest BCUT2D eigenvalue weighted by Crippen LogP contribution is 2.41. The third-order valence-corrected chi connectivity index (χ3v) is 12.8. The number of hydrogen-bond donors (Lipinski definition) is 4. The molecule has 6 rings (SSSR count). The van der Waals surface area contributed by atoms with E-state index in [0.29, 0.717) is 56.5 Å². The molecule has 69 heavy (non-hydrogen) atoms. The maximum atomic E-state index is 14.9. The van der Waals surface area contributed by atoms with Crippen LogP contribution < -0.4 is 36.7 Å². The Balaban J connectivity index is 1.34. The normalized spacial score (nSPS) is 18.0. The van der Waals surface area contributed by atoms with Gasteiger partial charge in [-0.05, 0) is 119 Å². The highest BCUT2D eigenvalue weighted by atomic mass is 16.5. The van der Waals surface area contributed by atoms with Gasteiger partial charge in [-0.2, -0.15) is 5.26 Å². The van der Waals surface area contributed by atoms with Crippen molar-refractivity contribution in [3.63, 3.8) is 0 Å². The van der Waals surface area contributed by atoms with Crippen molar-refractivity contribution in [3.05, 3.63) is 88.7 Å². The summed E-state index contributed by atoms with van der Waals surface area (Å²) in [5.74, 6) is -1.95. The Bertz CT molecular complexity index is 2490. The van der Waals surface area contributed by atoms with Gasteiger partial charge in [-0.25, -0.2) is 9.97 Å². The SMILES string of the molecule is Cc1nc(-c2ccc(OC3CCCCC3)cc2)nc(C)c1C(=O)C[C@@H](CCN)C(=O)N(C)[C@@H]1C(=O)C[C@@H](C)C(=O)N[C@H](C(=O)CCC#N)Cc2ccc(OCCN)c(c2)-c2cc1ccc2OCCN. The molecule has 0 spiro atoms. The van der Waals surface area contributed by atoms with Crippen molar-refractivity contribution in [2.75, 3.05) is 39.9 Å². The second-order valence-corrected chi connectivity index (χ2v) is 18.1. The number of carbonyl (C=O) groups is 5. The fraction of sp³-hybridized carbons (Fsp3) is 0.472. The van der Waals surface area contributed by atoms with Crippen LogP contribution in [0.2, 0.25) is 0 Å². The summed E-state index contributed by atoms with van der Waals surface area (Å²) >= 11 is 0. The predicted molar refractivity (Wildman–Crippen MR) is 261 cm³/mol. The van der Waals surface area contributed by atoms with Gasteiger partial charge in [0, 0.05) is 74.3 Å². The molecule has 2 heterocycles. The van der Waals surface area contributed by atoms with Gasteiger partial charge in [0.05, 0.1) is 35.2 Å². The number of benzene rings is 3. The van der Waals surface area contributed by atoms with Gasteiger partial charge >= 0.3 is 0 Å². The van der Waals surface area contributed by atoms with Crippen molar-refractivity contribution in [3.8, 4) is 45.8 Å². The molecular weight excluding hydrogens is 877 g/mol. The zero-order valence-electron chi connectivity index (χ0n) is 40.3. The van der Waals surface area contributed by atoms with Crippen LogP contribution in [-0.4, -0.2) is 96.1 Å². The first kappa shape index (κ1) is 51.8. The van der Waals surface area contributed by atoms with E-state index in [-0.39, 0.29) is 89.0 Å². The molecule has 16 nitrogen and oxygen atoms in total. The molecule has 1 aliphatic heterocycles. The zero-order chi connectivity index (χ0) is 49.6. The van der Waals surface area contributed by atoms with E-state index >= 15 is 0 Å². The van der Waals surface area contributed by atoms with Crippen molar-refractivity contribution >= 4 is 29.2 Å². The van der Waals surface area contributed by atoms with E-state index in [4.69, 9.17) is 41.4 Å². The molecule has 7 N–H and O–H groups in total. The maximum absolute atomic E-state index is 14.9. The molecule has 0 saturated heterocycles. The van der Waals surface area contributed by atoms with Crippen LogP contribution in [0.1, 0.15) is 110 Å². The van der Waals surface area contributed by atoms with Crippen LogP contribution in [0.15, 0.2) is 60.7 Å². The Kier molecular flexibility index (Phi) is 18.5. The third kappa shape index (κ3) is 13.2. The lowest BCUT2D eigenvalue weighted by Crippen LogP contribution is -2.46. The minimum Gasteiger partial charge on any atom is -0.492 e. The zero-order valence-corrected chi connectivity index (χ0v) is 40.3. The number of aromatic nitrogens is 2. The first-order chi connectivity index (χ1) is 33.3. The molecule has 1 aromatic heterocycles. The second-order valence-electron chi connectivity index (χ2n) is 18.1. The number of fused-ring (bicyclic) bond motifs is 5. The summed E-state index contributed by atoms with van der Waals surface area (Å²) in [7, 11) is 1.51. The minimum atomic E-state index is -1.25. The smallest absolute Gasteiger partial charge is 0.226 e. The topological polar surface area (TPSA) is 256 Å². The van der Waals surface area contributed by atoms with Crippen LogP contribution in [-0.2, 0) is 25.6 Å². The molecular formula is C53H66N8O8. The number of ether oxygens (including phenoxy) is 3. The number of hydrogen-bond acceptors (Lipinski definition) is 14. The standard InChI is InChI=1S/C53H66N8O8/c1-32-27-46(64)50(37-15-19-48(68-26-24-57)42(30-37)41-28-35(12-18-47(41)67-25-23-56)29-43(60-52(32)65)44(62)11-8-21-54)61(4)53(66)38(20-22-55)31-45(63)49-33(2)58-51(59-34(49)3)36-13-16-40(17-14-36)69-39-9-6-5-7-10-39/h12-19,28,30,32,38-39,43,50H,5-11,20,22-27,29,31,55-57H2,1-4H3,(H,60,65)/t32-,38-,43+,50+/m1/s1. The lowest BCUT2D eigenvalue weighted by molar-refractivity contribution is -0.142. The molecule has 1 saturated carbocycles. The number of nitrogens with zero attached hydrogens (tertiary/aromatic N) is 4. The number of nitrogens with one attached hydrogen (secondary N) is 1. The number of ketones is 3. The first-order valence-electron chi connectivity index (χ1n) is 24.0. The van der Waals surface area contributed by atoms with Crippen LogP contribution in [0.5, 0.6) is 17.2 Å². The molecule has 4 atom stereocenters. The van der Waals surface area contributed by atoms with Crippen molar-refractivity contribution < 1.29 is 38.2 Å². The molecule has 366 valence electrons. The average molecular weight is 943 g/mol. The van der Waals surface area contributed by atoms with Gasteiger partial charge in [0.25, 0.3) is 0 Å². The lowest BCUT2D eigenvalue weighted by atomic mass is 9.88. The molecule has 0 radical (unpaired) electrons. The third-order valence-electron chi connectivity index (χ3n) is 12.8. The number of nitrogens with two attached hydrogens (primary N) is 3. The molecule has 16 heteroatoms. The van der Waals surface area contributed by atoms with E-state index in [1.54, 1.807) is 51.1 Å². The molecule has 1 fully saturated rings. The monoisotopic (exact) mass is 943 g/mol. The number of nitriles is 1. The average Bonchev–Trinajstić information content (AvgIpc) is 3.34. The van der Waals surface area contributed by atoms with Gasteiger partial charge in [0.15, 0.2) is 23.2 Å². The molecule has 2 aliphatic rings. The number of aryl methyl sites for hydroxylation is 2. The molecule has 0 unspecified atom stereocenters. The van der Waals surface area contributed by atoms with Crippen molar-refractivity contribution in [2.24, 2.45) is 29.0 Å². The van der Waals surface area contributed by atoms with Crippen LogP contribution in [0, 0.1) is 37.0 Å². The Morgan fingerprint density at radius 1 is 0.855 bits per heavy atom. The summed E-state index contributed by atoms with van der Waals surface area (Å²) in [5, 5.41) is 12.1. The van der Waals surface area contributed by atoms with E-state index in [2.05, 4.69) is 5.32 Å². The van der Waals surface area contributed by atoms with Crippen LogP contribution in [0.4, 0.5) is 0 Å². The summed E-state index contributed by atoms with van der Waals surface area (Å²) in [6, 6.07) is 17.9. The molecule has 4 aromatic rings. The van der Waals surface area contributed by atoms with Gasteiger partial charge in [0.2, 0.25) is 11.8 Å². The van der Waals surface area contributed by atoms with Crippen molar-refractivity contribution in [1.82, 2.24) is 20.2 Å². The van der Waals surface area contributed by atoms with Gasteiger partial charge in [-0.3, -0.25) is 24.0 Å². The summed E-state index contributed by atoms with van der Waals surface area (Å²) in [6.45, 7) is 5.91. The van der Waals surface area contributed by atoms with Gasteiger partial charge in [-0.15, -0.1) is 0 Å². The fourth-order valence-corrected chi connectivity index (χ4v) is 9.27. The van der Waals surface area contributed by atoms with Gasteiger partial charge in [0.1, 0.15) is 36.5 Å². The maximum Gasteiger partial charge on any atom is 0.226 e. The number of Topliss-reactive ketones (excluding diaryl/α,β-unsaturated/α-hetero) is 3. The Morgan fingerprint density at radius 3 is 2.12 bits per heavy atom. The number of carbonyl (C=O) groups excluding carboxylic acids is 5. The Morgan fingerprint density at radius 2 is 1.49 bits per heavy atom. The number of rotatable bonds is 19. The Labute approximate surface area is 404 Å². The minimum absolute atomic E-state index is 0.0330. The highest BCUT2D eigenvalue weighted by Gasteiger charge is 2.36. The molecule has 3 aromatic carbocycles. The summed E-state index contributed by atoms with van der Waals surface area (Å²) < 4.78 is 18.5. The quantitative estimate of drug-likeness (QED) is 0.0780. The Hall–Kier alpha value is -6.54. The van der Waals surface area contributed by atoms with Gasteiger partial charge in [-0.1, -0.05) is 25.5 Å². The highest BCUT2D eigenvalue weighted by molar-refractivity contribution is 6.01. The lowest BCUT2D eigenvalue weighted by Gasteiger charge is -2.32. The van der Waals surface area contributed by atoms with E-state index in [1.165, 1.54) is 31.2 Å². The molecule has 2 amide bonds. The largest absolute Gasteiger partial charge is 0.492 e. The second kappa shape index (κ2) is 24.7. The fourth-order valence-electron chi connectivity index (χ4n) is 9.27. The van der Waals surface area contributed by atoms with Crippen LogP contribution in [0.3, 0.4) is 0 Å². The van der Waals surface area contributed by atoms with E-state index < -0.39 is 41.5 Å². The molecule has 1 aliphatic carbocycles. The molecule has 4 bridgehead atoms.